The largest absolute Gasteiger partial charge is 0.471 e. The predicted octanol–water partition coefficient (Wildman–Crippen LogP) is 3.33. The molecule has 15 heteroatoms. The van der Waals surface area contributed by atoms with Crippen molar-refractivity contribution in [3.63, 3.8) is 0 Å². The maximum Gasteiger partial charge on any atom is 0.471 e. The van der Waals surface area contributed by atoms with Crippen LogP contribution in [-0.4, -0.2) is 68.6 Å². The maximum atomic E-state index is 14.6. The number of halogens is 5. The Balaban J connectivity index is 1.34. The fourth-order valence-electron chi connectivity index (χ4n) is 4.87. The molecule has 1 saturated carbocycles. The summed E-state index contributed by atoms with van der Waals surface area (Å²) in [6.07, 6.45) is -4.22. The van der Waals surface area contributed by atoms with Crippen LogP contribution in [0, 0.1) is 27.7 Å². The first-order chi connectivity index (χ1) is 18.8. The predicted molar refractivity (Wildman–Crippen MR) is 128 cm³/mol. The molecule has 0 atom stereocenters. The molecule has 2 aliphatic rings. The summed E-state index contributed by atoms with van der Waals surface area (Å²) in [5, 5.41) is 17.0. The SMILES string of the molecule is O=C(c1cc(Cc2n[nH]c(=O)c3cc(F)cc([N+](=O)[O-])c23)ccc1F)N1CC(CN(C(=O)C(F)(F)F)C2CC2)C1. The molecule has 10 nitrogen and oxygen atoms in total. The van der Waals surface area contributed by atoms with E-state index in [0.29, 0.717) is 24.5 Å². The summed E-state index contributed by atoms with van der Waals surface area (Å²) in [5.74, 6) is -4.89. The summed E-state index contributed by atoms with van der Waals surface area (Å²) in [6.45, 7) is -0.110. The minimum atomic E-state index is -4.99. The Bertz CT molecular complexity index is 1600. The van der Waals surface area contributed by atoms with Crippen molar-refractivity contribution in [3.05, 3.63) is 79.3 Å². The molecule has 1 aromatic heterocycles. The number of likely N-dealkylation sites (tertiary alicyclic amines) is 1. The van der Waals surface area contributed by atoms with Gasteiger partial charge in [0.25, 0.3) is 17.2 Å². The number of benzene rings is 2. The van der Waals surface area contributed by atoms with Crippen molar-refractivity contribution in [1.82, 2.24) is 20.0 Å². The lowest BCUT2D eigenvalue weighted by Gasteiger charge is -2.42. The van der Waals surface area contributed by atoms with E-state index in [2.05, 4.69) is 10.2 Å². The number of H-pyrrole nitrogens is 1. The van der Waals surface area contributed by atoms with Gasteiger partial charge in [-0.1, -0.05) is 6.07 Å². The van der Waals surface area contributed by atoms with Gasteiger partial charge in [0.2, 0.25) is 0 Å². The molecule has 2 amide bonds. The van der Waals surface area contributed by atoms with Crippen LogP contribution in [-0.2, 0) is 11.2 Å². The Morgan fingerprint density at radius 3 is 2.48 bits per heavy atom. The number of nitro groups is 1. The Kier molecular flexibility index (Phi) is 6.75. The summed E-state index contributed by atoms with van der Waals surface area (Å²) < 4.78 is 67.4. The van der Waals surface area contributed by atoms with E-state index in [-0.39, 0.29) is 48.1 Å². The quantitative estimate of drug-likeness (QED) is 0.266. The van der Waals surface area contributed by atoms with Crippen molar-refractivity contribution < 1.29 is 36.5 Å². The zero-order chi connectivity index (χ0) is 28.9. The van der Waals surface area contributed by atoms with Gasteiger partial charge in [0, 0.05) is 38.0 Å². The number of hydrogen-bond acceptors (Lipinski definition) is 6. The lowest BCUT2D eigenvalue weighted by atomic mass is 9.96. The molecular formula is C25H20F5N5O5. The average molecular weight is 565 g/mol. The molecule has 0 radical (unpaired) electrons. The molecule has 1 aliphatic carbocycles. The number of nitro benzene ring substituents is 1. The van der Waals surface area contributed by atoms with Crippen LogP contribution in [0.5, 0.6) is 0 Å². The lowest BCUT2D eigenvalue weighted by molar-refractivity contribution is -0.383. The minimum absolute atomic E-state index is 0.00943. The summed E-state index contributed by atoms with van der Waals surface area (Å²) in [4.78, 5) is 49.6. The van der Waals surface area contributed by atoms with Gasteiger partial charge < -0.3 is 9.80 Å². The van der Waals surface area contributed by atoms with Crippen LogP contribution in [0.25, 0.3) is 10.8 Å². The number of aromatic nitrogens is 2. The van der Waals surface area contributed by atoms with Crippen molar-refractivity contribution >= 4 is 28.3 Å². The molecule has 2 aromatic carbocycles. The van der Waals surface area contributed by atoms with Crippen LogP contribution in [0.4, 0.5) is 27.6 Å². The number of fused-ring (bicyclic) bond motifs is 1. The highest BCUT2D eigenvalue weighted by Crippen LogP contribution is 2.34. The Labute approximate surface area is 221 Å². The van der Waals surface area contributed by atoms with Gasteiger partial charge in [-0.2, -0.15) is 18.3 Å². The zero-order valence-corrected chi connectivity index (χ0v) is 20.5. The van der Waals surface area contributed by atoms with Crippen molar-refractivity contribution in [2.45, 2.75) is 31.5 Å². The molecule has 1 saturated heterocycles. The van der Waals surface area contributed by atoms with Crippen LogP contribution < -0.4 is 5.56 Å². The van der Waals surface area contributed by atoms with Gasteiger partial charge in [-0.3, -0.25) is 24.5 Å². The molecule has 2 heterocycles. The van der Waals surface area contributed by atoms with Crippen LogP contribution in [0.15, 0.2) is 35.1 Å². The van der Waals surface area contributed by atoms with E-state index in [1.54, 1.807) is 0 Å². The minimum Gasteiger partial charge on any atom is -0.338 e. The monoisotopic (exact) mass is 565 g/mol. The molecule has 1 N–H and O–H groups in total. The zero-order valence-electron chi connectivity index (χ0n) is 20.5. The van der Waals surface area contributed by atoms with Gasteiger partial charge in [-0.05, 0) is 36.6 Å². The normalized spacial score (nSPS) is 15.7. The van der Waals surface area contributed by atoms with Crippen LogP contribution >= 0.6 is 0 Å². The highest BCUT2D eigenvalue weighted by molar-refractivity contribution is 5.95. The second-order valence-electron chi connectivity index (χ2n) is 9.86. The third-order valence-corrected chi connectivity index (χ3v) is 6.93. The number of carbonyl (C=O) groups excluding carboxylic acids is 2. The highest BCUT2D eigenvalue weighted by Gasteiger charge is 2.48. The molecule has 1 aliphatic heterocycles. The number of hydrogen-bond donors (Lipinski definition) is 1. The number of nitrogens with zero attached hydrogens (tertiary/aromatic N) is 4. The molecule has 0 bridgehead atoms. The number of nitrogens with one attached hydrogen (secondary N) is 1. The Morgan fingerprint density at radius 2 is 1.85 bits per heavy atom. The standard InChI is InChI=1S/C25H20F5N5O5/c26-14-7-17-21(20(8-14)35(39)40)19(31-32-22(17)36)6-12-1-4-18(27)16(5-12)23(37)33-9-13(10-33)11-34(15-2-3-15)24(38)25(28,29)30/h1,4-5,7-8,13,15H,2-3,6,9-11H2,(H,32,36). The average Bonchev–Trinajstić information content (AvgIpc) is 3.70. The fourth-order valence-corrected chi connectivity index (χ4v) is 4.87. The van der Waals surface area contributed by atoms with Gasteiger partial charge in [0.1, 0.15) is 11.6 Å². The number of non-ortho nitro benzene ring substituents is 1. The summed E-state index contributed by atoms with van der Waals surface area (Å²) in [7, 11) is 0. The third-order valence-electron chi connectivity index (χ3n) is 6.93. The number of amides is 2. The summed E-state index contributed by atoms with van der Waals surface area (Å²) in [6, 6.07) is 4.55. The van der Waals surface area contributed by atoms with E-state index >= 15 is 0 Å². The van der Waals surface area contributed by atoms with E-state index < -0.39 is 57.8 Å². The molecule has 3 aromatic rings. The van der Waals surface area contributed by atoms with Gasteiger partial charge in [-0.15, -0.1) is 0 Å². The first kappa shape index (κ1) is 27.1. The summed E-state index contributed by atoms with van der Waals surface area (Å²) >= 11 is 0. The fraction of sp³-hybridized carbons (Fsp3) is 0.360. The maximum absolute atomic E-state index is 14.6. The molecule has 0 spiro atoms. The van der Waals surface area contributed by atoms with Crippen molar-refractivity contribution in [1.29, 1.82) is 0 Å². The number of carbonyl (C=O) groups is 2. The van der Waals surface area contributed by atoms with E-state index in [1.807, 2.05) is 0 Å². The topological polar surface area (TPSA) is 130 Å². The Morgan fingerprint density at radius 1 is 1.15 bits per heavy atom. The van der Waals surface area contributed by atoms with Crippen LogP contribution in [0.1, 0.15) is 34.5 Å². The second kappa shape index (κ2) is 9.95. The first-order valence-electron chi connectivity index (χ1n) is 12.1. The molecule has 0 unspecified atom stereocenters. The van der Waals surface area contributed by atoms with Gasteiger partial charge >= 0.3 is 12.1 Å². The van der Waals surface area contributed by atoms with Crippen molar-refractivity contribution in [2.75, 3.05) is 19.6 Å². The van der Waals surface area contributed by atoms with E-state index in [9.17, 15) is 46.5 Å². The number of aromatic amines is 1. The summed E-state index contributed by atoms with van der Waals surface area (Å²) in [5.41, 5.74) is -1.57. The lowest BCUT2D eigenvalue weighted by Crippen LogP contribution is -2.56. The van der Waals surface area contributed by atoms with E-state index in [0.717, 1.165) is 17.0 Å². The molecular weight excluding hydrogens is 545 g/mol. The number of rotatable bonds is 7. The second-order valence-corrected chi connectivity index (χ2v) is 9.86. The van der Waals surface area contributed by atoms with Gasteiger partial charge in [0.05, 0.1) is 33.0 Å². The van der Waals surface area contributed by atoms with Crippen LogP contribution in [0.3, 0.4) is 0 Å². The third kappa shape index (κ3) is 5.22. The number of alkyl halides is 3. The molecule has 210 valence electrons. The van der Waals surface area contributed by atoms with Gasteiger partial charge in [0.15, 0.2) is 0 Å². The molecule has 40 heavy (non-hydrogen) atoms. The van der Waals surface area contributed by atoms with E-state index in [1.165, 1.54) is 17.0 Å². The Hall–Kier alpha value is -4.43. The smallest absolute Gasteiger partial charge is 0.338 e. The first-order valence-corrected chi connectivity index (χ1v) is 12.1. The van der Waals surface area contributed by atoms with E-state index in [4.69, 9.17) is 0 Å². The molecule has 2 fully saturated rings. The molecule has 5 rings (SSSR count). The van der Waals surface area contributed by atoms with Crippen LogP contribution in [0.2, 0.25) is 0 Å². The van der Waals surface area contributed by atoms with Crippen molar-refractivity contribution in [2.24, 2.45) is 5.92 Å². The van der Waals surface area contributed by atoms with Crippen molar-refractivity contribution in [3.8, 4) is 0 Å². The van der Waals surface area contributed by atoms with Gasteiger partial charge in [-0.25, -0.2) is 13.9 Å². The highest BCUT2D eigenvalue weighted by atomic mass is 19.4.